The summed E-state index contributed by atoms with van der Waals surface area (Å²) in [7, 11) is 0. The summed E-state index contributed by atoms with van der Waals surface area (Å²) in [4.78, 5) is 0.0987. The molecule has 0 spiro atoms. The fourth-order valence-electron chi connectivity index (χ4n) is 6.51. The van der Waals surface area contributed by atoms with Crippen molar-refractivity contribution >= 4 is 49.8 Å². The maximum absolute atomic E-state index is 10.1. The number of hydrogen-bond donors (Lipinski definition) is 0. The van der Waals surface area contributed by atoms with Crippen LogP contribution in [0.25, 0.3) is 77.2 Å². The van der Waals surface area contributed by atoms with Crippen LogP contribution in [0.4, 0.5) is 17.1 Å². The van der Waals surface area contributed by atoms with Gasteiger partial charge in [-0.15, -0.1) is 0 Å². The van der Waals surface area contributed by atoms with Crippen LogP contribution in [0, 0.1) is 0 Å². The van der Waals surface area contributed by atoms with Gasteiger partial charge in [0.15, 0.2) is 0 Å². The molecule has 0 radical (unpaired) electrons. The number of fused-ring (bicyclic) bond motifs is 8. The highest BCUT2D eigenvalue weighted by Crippen LogP contribution is 2.51. The Morgan fingerprint density at radius 2 is 0.912 bits per heavy atom. The predicted octanol–water partition coefficient (Wildman–Crippen LogP) is 15.5. The quantitative estimate of drug-likeness (QED) is 0.167. The number of para-hydroxylation sites is 1. The molecule has 1 aliphatic carbocycles. The van der Waals surface area contributed by atoms with E-state index in [1.54, 1.807) is 0 Å². The maximum Gasteiger partial charge on any atom is 0.143 e. The van der Waals surface area contributed by atoms with Gasteiger partial charge in [0, 0.05) is 52.4 Å². The molecular formula is C55H39NO. The van der Waals surface area contributed by atoms with Crippen LogP contribution >= 0.6 is 0 Å². The van der Waals surface area contributed by atoms with Crippen LogP contribution in [0.5, 0.6) is 0 Å². The molecule has 1 aliphatic rings. The third kappa shape index (κ3) is 5.33. The fraction of sp³-hybridized carbons (Fsp3) is 0.0545. The molecule has 0 saturated carbocycles. The highest BCUT2D eigenvalue weighted by Gasteiger charge is 2.35. The topological polar surface area (TPSA) is 16.4 Å². The molecule has 11 rings (SSSR count). The number of benzene rings is 9. The molecule has 0 aliphatic heterocycles. The van der Waals surface area contributed by atoms with Crippen molar-refractivity contribution in [1.29, 1.82) is 0 Å². The van der Waals surface area contributed by atoms with Gasteiger partial charge < -0.3 is 9.32 Å². The molecule has 10 aromatic rings. The fourth-order valence-corrected chi connectivity index (χ4v) is 6.51. The number of anilines is 3. The standard InChI is InChI=1S/C55H39NO/c1-55(2)51-23-12-11-19-45(51)46-33-32-42(34-52(46)55)56(40-28-24-37(25-29-40)36-14-5-3-6-15-36)41-30-26-39(27-31-41)49-35-50-48-22-13-21-43(38-16-7-4-8-17-38)53(48)57-54(50)47-20-10-9-18-44(47)49/h3-35H,1-2H3/i1D3,2D3,3D,4D,5D,6D,7D,8D,9D,10D,11D,12D,13D,14D,15D,16D,17D,18D,19D,20D,21D,22D,23D,24D,25D,26D,27D,28D,29D,30D,31D,32D,33D,34D,35D. The summed E-state index contributed by atoms with van der Waals surface area (Å²) in [6, 6.07) is -39.0. The van der Waals surface area contributed by atoms with Crippen LogP contribution in [0.1, 0.15) is 78.3 Å². The molecule has 0 atom stereocenters. The van der Waals surface area contributed by atoms with Crippen molar-refractivity contribution in [2.24, 2.45) is 0 Å². The van der Waals surface area contributed by atoms with Crippen LogP contribution < -0.4 is 4.90 Å². The van der Waals surface area contributed by atoms with Crippen molar-refractivity contribution in [1.82, 2.24) is 0 Å². The lowest BCUT2D eigenvalue weighted by Gasteiger charge is -2.28. The Morgan fingerprint density at radius 1 is 0.386 bits per heavy atom. The van der Waals surface area contributed by atoms with Crippen LogP contribution in [0.2, 0.25) is 0 Å². The van der Waals surface area contributed by atoms with E-state index in [-0.39, 0.29) is 4.90 Å². The van der Waals surface area contributed by atoms with Gasteiger partial charge in [-0.25, -0.2) is 0 Å². The summed E-state index contributed by atoms with van der Waals surface area (Å²) in [5.41, 5.74) is -19.9. The van der Waals surface area contributed by atoms with E-state index < -0.39 is 324 Å². The Labute approximate surface area is 387 Å². The van der Waals surface area contributed by atoms with Crippen LogP contribution in [0.3, 0.4) is 0 Å². The van der Waals surface area contributed by atoms with Crippen molar-refractivity contribution in [3.8, 4) is 44.5 Å². The maximum atomic E-state index is 10.1. The molecule has 0 N–H and O–H groups in total. The Kier molecular flexibility index (Phi) is 2.77. The number of rotatable bonds is 6. The summed E-state index contributed by atoms with van der Waals surface area (Å²) in [6.07, 6.45) is 0. The third-order valence-corrected chi connectivity index (χ3v) is 9.06. The summed E-state index contributed by atoms with van der Waals surface area (Å²) >= 11 is 0. The van der Waals surface area contributed by atoms with Crippen LogP contribution in [0.15, 0.2) is 204 Å². The minimum absolute atomic E-state index is 0.0987. The lowest BCUT2D eigenvalue weighted by Crippen LogP contribution is -2.16. The molecule has 0 amide bonds. The van der Waals surface area contributed by atoms with Gasteiger partial charge in [0.25, 0.3) is 0 Å². The molecule has 0 saturated heterocycles. The van der Waals surface area contributed by atoms with E-state index in [4.69, 9.17) is 37.3 Å². The van der Waals surface area contributed by atoms with E-state index in [1.807, 2.05) is 0 Å². The molecule has 270 valence electrons. The van der Waals surface area contributed by atoms with E-state index in [0.29, 0.717) is 0 Å². The highest BCUT2D eigenvalue weighted by molar-refractivity contribution is 6.20. The number of furan rings is 1. The normalized spacial score (nSPS) is 23.0. The minimum Gasteiger partial charge on any atom is -0.455 e. The van der Waals surface area contributed by atoms with Crippen LogP contribution in [-0.4, -0.2) is 0 Å². The van der Waals surface area contributed by atoms with Gasteiger partial charge >= 0.3 is 0 Å². The van der Waals surface area contributed by atoms with E-state index in [9.17, 15) is 20.6 Å². The van der Waals surface area contributed by atoms with Gasteiger partial charge in [-0.2, -0.15) is 0 Å². The van der Waals surface area contributed by atoms with Gasteiger partial charge in [0.2, 0.25) is 0 Å². The zero-order valence-corrected chi connectivity index (χ0v) is 28.4. The van der Waals surface area contributed by atoms with Crippen molar-refractivity contribution in [2.45, 2.75) is 19.1 Å². The molecular weight excluding hydrogens is 691 g/mol. The summed E-state index contributed by atoms with van der Waals surface area (Å²) < 4.78 is 361. The summed E-state index contributed by atoms with van der Waals surface area (Å²) in [6.45, 7) is -8.18. The molecule has 0 unspecified atom stereocenters. The Hall–Kier alpha value is -7.16. The lowest BCUT2D eigenvalue weighted by molar-refractivity contribution is 0.660. The molecule has 2 heteroatoms. The zero-order valence-electron chi connectivity index (χ0n) is 67.4. The first kappa shape index (κ1) is 12.2. The molecule has 0 fully saturated rings. The molecule has 0 bridgehead atoms. The Balaban J connectivity index is 1.35. The largest absolute Gasteiger partial charge is 0.455 e. The Morgan fingerprint density at radius 3 is 1.65 bits per heavy atom. The predicted molar refractivity (Wildman–Crippen MR) is 240 cm³/mol. The van der Waals surface area contributed by atoms with Gasteiger partial charge in [-0.05, 0) is 97.8 Å². The van der Waals surface area contributed by atoms with Gasteiger partial charge in [-0.3, -0.25) is 0 Å². The summed E-state index contributed by atoms with van der Waals surface area (Å²) in [5, 5.41) is -3.04. The highest BCUT2D eigenvalue weighted by atomic mass is 16.3. The minimum atomic E-state index is -4.09. The van der Waals surface area contributed by atoms with Crippen molar-refractivity contribution < 1.29 is 57.9 Å². The number of hydrogen-bond acceptors (Lipinski definition) is 2. The second-order valence-electron chi connectivity index (χ2n) is 12.3. The first-order valence-electron chi connectivity index (χ1n) is 36.1. The average molecular weight is 769 g/mol. The molecule has 1 aromatic heterocycles. The lowest BCUT2D eigenvalue weighted by atomic mass is 9.82. The zero-order chi connectivity index (χ0) is 71.8. The van der Waals surface area contributed by atoms with E-state index in [0.717, 1.165) is 0 Å². The van der Waals surface area contributed by atoms with Crippen molar-refractivity contribution in [2.75, 3.05) is 4.90 Å². The average Bonchev–Trinajstić information content (AvgIpc) is 1.49. The Bertz CT molecular complexity index is 5180. The second kappa shape index (κ2) is 13.0. The molecule has 1 heterocycles. The SMILES string of the molecule is [2H]c1c([2H])c([2H])c(-c2c([2H])c([2H])c(N(c3c([2H])c([2H])c(-c4c([2H])c5c(oc6c(-c7c([2H])c([2H])c([2H])c([2H])c7[2H])c([2H])c([2H])c([2H])c65)c5c([2H])c([2H])c([2H])c([2H])c45)c([2H])c3[2H])c3c([2H])c([2H])c4c(c3[2H])C(C([2H])([2H])[2H])(C([2H])([2H])[2H])c3c([2H])c([2H])c([2H])c([2H])c3-4)c([2H])c2[2H])c([2H])c1[2H]. The van der Waals surface area contributed by atoms with E-state index in [2.05, 4.69) is 0 Å². The smallest absolute Gasteiger partial charge is 0.143 e. The van der Waals surface area contributed by atoms with E-state index >= 15 is 0 Å². The summed E-state index contributed by atoms with van der Waals surface area (Å²) in [5.74, 6) is 0. The number of nitrogens with zero attached hydrogens (tertiary/aromatic N) is 1. The van der Waals surface area contributed by atoms with Crippen LogP contribution in [-0.2, 0) is 5.41 Å². The third-order valence-electron chi connectivity index (χ3n) is 9.06. The van der Waals surface area contributed by atoms with E-state index in [1.165, 1.54) is 0 Å². The second-order valence-corrected chi connectivity index (χ2v) is 12.3. The van der Waals surface area contributed by atoms with Gasteiger partial charge in [0.05, 0.1) is 45.2 Å². The first-order valence-corrected chi connectivity index (χ1v) is 16.6. The van der Waals surface area contributed by atoms with Crippen molar-refractivity contribution in [3.63, 3.8) is 0 Å². The molecule has 2 nitrogen and oxygen atoms in total. The molecule has 57 heavy (non-hydrogen) atoms. The molecule has 9 aromatic carbocycles. The van der Waals surface area contributed by atoms with Crippen molar-refractivity contribution in [3.05, 3.63) is 211 Å². The monoisotopic (exact) mass is 769 g/mol. The van der Waals surface area contributed by atoms with Gasteiger partial charge in [-0.1, -0.05) is 171 Å². The van der Waals surface area contributed by atoms with Gasteiger partial charge in [0.1, 0.15) is 11.2 Å². The first-order chi connectivity index (χ1) is 44.3.